The lowest BCUT2D eigenvalue weighted by atomic mass is 10.2. The molecule has 2 nitrogen and oxygen atoms in total. The van der Waals surface area contributed by atoms with Gasteiger partial charge in [-0.1, -0.05) is 12.1 Å². The van der Waals surface area contributed by atoms with Crippen molar-refractivity contribution in [3.63, 3.8) is 0 Å². The summed E-state index contributed by atoms with van der Waals surface area (Å²) < 4.78 is 19.3. The highest BCUT2D eigenvalue weighted by atomic mass is 79.9. The highest BCUT2D eigenvalue weighted by Crippen LogP contribution is 2.25. The van der Waals surface area contributed by atoms with Gasteiger partial charge in [-0.05, 0) is 52.8 Å². The molecule has 2 aromatic carbocycles. The highest BCUT2D eigenvalue weighted by Gasteiger charge is 2.02. The largest absolute Gasteiger partial charge is 0.457 e. The third-order valence-electron chi connectivity index (χ3n) is 2.43. The summed E-state index contributed by atoms with van der Waals surface area (Å²) in [6.07, 6.45) is 0. The van der Waals surface area contributed by atoms with Crippen LogP contribution in [-0.4, -0.2) is 7.05 Å². The molecule has 94 valence electrons. The molecule has 2 aromatic rings. The molecule has 0 radical (unpaired) electrons. The molecule has 0 unspecified atom stereocenters. The molecule has 0 saturated heterocycles. The zero-order valence-electron chi connectivity index (χ0n) is 9.91. The number of hydrogen-bond donors (Lipinski definition) is 1. The quantitative estimate of drug-likeness (QED) is 0.918. The summed E-state index contributed by atoms with van der Waals surface area (Å²) >= 11 is 3.10. The van der Waals surface area contributed by atoms with Crippen molar-refractivity contribution >= 4 is 15.9 Å². The van der Waals surface area contributed by atoms with E-state index < -0.39 is 0 Å². The number of rotatable bonds is 4. The number of halogens is 2. The minimum absolute atomic E-state index is 0.334. The fourth-order valence-electron chi connectivity index (χ4n) is 1.56. The second kappa shape index (κ2) is 5.98. The van der Waals surface area contributed by atoms with Crippen LogP contribution >= 0.6 is 15.9 Å². The van der Waals surface area contributed by atoms with E-state index in [1.807, 2.05) is 31.3 Å². The first-order valence-electron chi connectivity index (χ1n) is 5.55. The average Bonchev–Trinajstić information content (AvgIpc) is 2.37. The van der Waals surface area contributed by atoms with Gasteiger partial charge in [0.1, 0.15) is 17.3 Å². The van der Waals surface area contributed by atoms with E-state index in [2.05, 4.69) is 21.2 Å². The first kappa shape index (κ1) is 13.1. The van der Waals surface area contributed by atoms with Gasteiger partial charge in [-0.15, -0.1) is 0 Å². The average molecular weight is 310 g/mol. The van der Waals surface area contributed by atoms with Crippen molar-refractivity contribution in [2.75, 3.05) is 7.05 Å². The Hall–Kier alpha value is -1.39. The monoisotopic (exact) mass is 309 g/mol. The van der Waals surface area contributed by atoms with E-state index in [-0.39, 0.29) is 5.82 Å². The van der Waals surface area contributed by atoms with Gasteiger partial charge in [0.05, 0.1) is 4.47 Å². The van der Waals surface area contributed by atoms with Crippen molar-refractivity contribution in [2.45, 2.75) is 6.54 Å². The summed E-state index contributed by atoms with van der Waals surface area (Å²) in [6, 6.07) is 12.4. The Kier molecular flexibility index (Phi) is 4.33. The zero-order chi connectivity index (χ0) is 13.0. The second-order valence-electron chi connectivity index (χ2n) is 3.85. The Morgan fingerprint density at radius 1 is 1.11 bits per heavy atom. The summed E-state index contributed by atoms with van der Waals surface area (Å²) in [4.78, 5) is 0. The van der Waals surface area contributed by atoms with Crippen LogP contribution in [0.3, 0.4) is 0 Å². The van der Waals surface area contributed by atoms with Crippen LogP contribution in [0, 0.1) is 5.82 Å². The third kappa shape index (κ3) is 3.31. The van der Waals surface area contributed by atoms with Gasteiger partial charge in [0, 0.05) is 12.6 Å². The normalized spacial score (nSPS) is 10.4. The summed E-state index contributed by atoms with van der Waals surface area (Å²) in [7, 11) is 1.90. The molecule has 0 heterocycles. The SMILES string of the molecule is CNCc1ccc(Oc2ccc(Br)c(F)c2)cc1. The molecule has 4 heteroatoms. The Morgan fingerprint density at radius 3 is 2.39 bits per heavy atom. The summed E-state index contributed by atoms with van der Waals surface area (Å²) in [5.74, 6) is 0.841. The lowest BCUT2D eigenvalue weighted by Gasteiger charge is -2.07. The minimum Gasteiger partial charge on any atom is -0.457 e. The van der Waals surface area contributed by atoms with Crippen LogP contribution in [0.25, 0.3) is 0 Å². The maximum absolute atomic E-state index is 13.3. The zero-order valence-corrected chi connectivity index (χ0v) is 11.5. The van der Waals surface area contributed by atoms with Crippen molar-refractivity contribution in [2.24, 2.45) is 0 Å². The first-order chi connectivity index (χ1) is 8.69. The highest BCUT2D eigenvalue weighted by molar-refractivity contribution is 9.10. The Balaban J connectivity index is 2.10. The third-order valence-corrected chi connectivity index (χ3v) is 3.07. The van der Waals surface area contributed by atoms with Gasteiger partial charge in [-0.2, -0.15) is 0 Å². The second-order valence-corrected chi connectivity index (χ2v) is 4.71. The van der Waals surface area contributed by atoms with Crippen molar-refractivity contribution in [1.29, 1.82) is 0 Å². The van der Waals surface area contributed by atoms with Crippen LogP contribution in [0.4, 0.5) is 4.39 Å². The molecule has 0 fully saturated rings. The van der Waals surface area contributed by atoms with Crippen LogP contribution in [0.5, 0.6) is 11.5 Å². The standard InChI is InChI=1S/C14H13BrFNO/c1-17-9-10-2-4-11(5-3-10)18-12-6-7-13(15)14(16)8-12/h2-8,17H,9H2,1H3. The fraction of sp³-hybridized carbons (Fsp3) is 0.143. The molecule has 0 aliphatic carbocycles. The Labute approximate surface area is 114 Å². The number of hydrogen-bond acceptors (Lipinski definition) is 2. The molecule has 0 amide bonds. The number of ether oxygens (including phenoxy) is 1. The Bertz CT molecular complexity index is 528. The first-order valence-corrected chi connectivity index (χ1v) is 6.35. The molecule has 1 N–H and O–H groups in total. The van der Waals surface area contributed by atoms with E-state index in [1.165, 1.54) is 11.6 Å². The smallest absolute Gasteiger partial charge is 0.141 e. The molecule has 0 aliphatic rings. The van der Waals surface area contributed by atoms with Gasteiger partial charge in [-0.25, -0.2) is 4.39 Å². The van der Waals surface area contributed by atoms with Gasteiger partial charge >= 0.3 is 0 Å². The van der Waals surface area contributed by atoms with Gasteiger partial charge in [-0.3, -0.25) is 0 Å². The van der Waals surface area contributed by atoms with E-state index >= 15 is 0 Å². The minimum atomic E-state index is -0.334. The molecule has 18 heavy (non-hydrogen) atoms. The van der Waals surface area contributed by atoms with Crippen molar-refractivity contribution < 1.29 is 9.13 Å². The number of benzene rings is 2. The van der Waals surface area contributed by atoms with Crippen LogP contribution in [0.2, 0.25) is 0 Å². The van der Waals surface area contributed by atoms with E-state index in [0.717, 1.165) is 6.54 Å². The van der Waals surface area contributed by atoms with Crippen LogP contribution < -0.4 is 10.1 Å². The van der Waals surface area contributed by atoms with E-state index in [4.69, 9.17) is 4.74 Å². The molecule has 0 aromatic heterocycles. The van der Waals surface area contributed by atoms with Crippen molar-refractivity contribution in [3.05, 3.63) is 58.3 Å². The molecular weight excluding hydrogens is 297 g/mol. The predicted octanol–water partition coefficient (Wildman–Crippen LogP) is 4.10. The topological polar surface area (TPSA) is 21.3 Å². The lowest BCUT2D eigenvalue weighted by molar-refractivity contribution is 0.476. The van der Waals surface area contributed by atoms with Crippen molar-refractivity contribution in [1.82, 2.24) is 5.32 Å². The van der Waals surface area contributed by atoms with Gasteiger partial charge < -0.3 is 10.1 Å². The summed E-state index contributed by atoms with van der Waals surface area (Å²) in [5.41, 5.74) is 1.17. The molecule has 0 atom stereocenters. The fourth-order valence-corrected chi connectivity index (χ4v) is 1.80. The molecule has 0 bridgehead atoms. The molecular formula is C14H13BrFNO. The maximum Gasteiger partial charge on any atom is 0.141 e. The summed E-state index contributed by atoms with van der Waals surface area (Å²) in [5, 5.41) is 3.07. The Morgan fingerprint density at radius 2 is 1.78 bits per heavy atom. The lowest BCUT2D eigenvalue weighted by Crippen LogP contribution is -2.04. The van der Waals surface area contributed by atoms with Crippen LogP contribution in [0.1, 0.15) is 5.56 Å². The summed E-state index contributed by atoms with van der Waals surface area (Å²) in [6.45, 7) is 0.813. The van der Waals surface area contributed by atoms with Gasteiger partial charge in [0.25, 0.3) is 0 Å². The van der Waals surface area contributed by atoms with Crippen molar-refractivity contribution in [3.8, 4) is 11.5 Å². The number of nitrogens with one attached hydrogen (secondary N) is 1. The molecule has 2 rings (SSSR count). The van der Waals surface area contributed by atoms with Gasteiger partial charge in [0.2, 0.25) is 0 Å². The molecule has 0 spiro atoms. The van der Waals surface area contributed by atoms with Crippen LogP contribution in [-0.2, 0) is 6.54 Å². The van der Waals surface area contributed by atoms with Gasteiger partial charge in [0.15, 0.2) is 0 Å². The maximum atomic E-state index is 13.3. The van der Waals surface area contributed by atoms with Crippen LogP contribution in [0.15, 0.2) is 46.9 Å². The van der Waals surface area contributed by atoms with E-state index in [9.17, 15) is 4.39 Å². The van der Waals surface area contributed by atoms with E-state index in [1.54, 1.807) is 12.1 Å². The van der Waals surface area contributed by atoms with E-state index in [0.29, 0.717) is 16.0 Å². The molecule has 0 saturated carbocycles. The predicted molar refractivity (Wildman–Crippen MR) is 73.4 cm³/mol. The molecule has 0 aliphatic heterocycles.